The molecule has 1 aromatic carbocycles. The van der Waals surface area contributed by atoms with Crippen LogP contribution in [0.15, 0.2) is 36.7 Å². The molecule has 2 rings (SSSR count). The van der Waals surface area contributed by atoms with Gasteiger partial charge in [0.05, 0.1) is 5.75 Å². The third kappa shape index (κ3) is 2.81. The van der Waals surface area contributed by atoms with Crippen LogP contribution >= 0.6 is 0 Å². The summed E-state index contributed by atoms with van der Waals surface area (Å²) in [6.07, 6.45) is 4.61. The average Bonchev–Trinajstić information content (AvgIpc) is 2.26. The van der Waals surface area contributed by atoms with Crippen LogP contribution in [0.5, 0.6) is 0 Å². The van der Waals surface area contributed by atoms with Crippen LogP contribution in [0.3, 0.4) is 0 Å². The topological polar surface area (TPSA) is 73.0 Å². The molecule has 1 aromatic heterocycles. The van der Waals surface area contributed by atoms with E-state index in [4.69, 9.17) is 5.73 Å². The largest absolute Gasteiger partial charge is 0.323 e. The van der Waals surface area contributed by atoms with E-state index in [9.17, 15) is 8.42 Å². The van der Waals surface area contributed by atoms with Crippen molar-refractivity contribution in [2.45, 2.75) is 6.04 Å². The fraction of sp³-hybridized carbons (Fsp3) is 0.250. The highest BCUT2D eigenvalue weighted by molar-refractivity contribution is 7.90. The molecule has 0 saturated heterocycles. The van der Waals surface area contributed by atoms with Gasteiger partial charge in [0, 0.05) is 30.1 Å². The Hall–Kier alpha value is -1.46. The molecule has 2 N–H and O–H groups in total. The van der Waals surface area contributed by atoms with E-state index in [-0.39, 0.29) is 5.75 Å². The molecule has 0 aliphatic carbocycles. The highest BCUT2D eigenvalue weighted by atomic mass is 32.2. The third-order valence-corrected chi connectivity index (χ3v) is 3.56. The van der Waals surface area contributed by atoms with Crippen LogP contribution in [0.25, 0.3) is 10.8 Å². The summed E-state index contributed by atoms with van der Waals surface area (Å²) < 4.78 is 22.5. The lowest BCUT2D eigenvalue weighted by atomic mass is 10.0. The van der Waals surface area contributed by atoms with Crippen molar-refractivity contribution in [2.75, 3.05) is 12.0 Å². The van der Waals surface area contributed by atoms with Crippen LogP contribution in [0, 0.1) is 0 Å². The molecule has 1 unspecified atom stereocenters. The number of nitrogens with two attached hydrogens (primary N) is 1. The second-order valence-corrected chi connectivity index (χ2v) is 6.33. The summed E-state index contributed by atoms with van der Waals surface area (Å²) in [5.74, 6) is -0.0546. The van der Waals surface area contributed by atoms with Gasteiger partial charge in [0.2, 0.25) is 0 Å². The molecule has 0 aliphatic rings. The van der Waals surface area contributed by atoms with Crippen molar-refractivity contribution in [2.24, 2.45) is 5.73 Å². The van der Waals surface area contributed by atoms with Gasteiger partial charge in [0.1, 0.15) is 9.84 Å². The standard InChI is InChI=1S/C12H14N2O2S/c1-17(15,16)8-12(13)10-4-2-3-9-5-6-14-7-11(9)10/h2-7,12H,8,13H2,1H3. The van der Waals surface area contributed by atoms with Gasteiger partial charge in [-0.2, -0.15) is 0 Å². The highest BCUT2D eigenvalue weighted by Gasteiger charge is 2.15. The van der Waals surface area contributed by atoms with E-state index in [0.717, 1.165) is 16.3 Å². The van der Waals surface area contributed by atoms with Crippen LogP contribution in [0.4, 0.5) is 0 Å². The third-order valence-electron chi connectivity index (χ3n) is 2.60. The summed E-state index contributed by atoms with van der Waals surface area (Å²) in [6, 6.07) is 7.04. The number of benzene rings is 1. The molecule has 1 atom stereocenters. The first kappa shape index (κ1) is 12.0. The maximum Gasteiger partial charge on any atom is 0.149 e. The first-order chi connectivity index (χ1) is 7.97. The quantitative estimate of drug-likeness (QED) is 0.890. The van der Waals surface area contributed by atoms with Crippen LogP contribution < -0.4 is 5.73 Å². The van der Waals surface area contributed by atoms with Gasteiger partial charge in [-0.25, -0.2) is 8.42 Å². The summed E-state index contributed by atoms with van der Waals surface area (Å²) >= 11 is 0. The van der Waals surface area contributed by atoms with Gasteiger partial charge in [-0.05, 0) is 17.0 Å². The minimum Gasteiger partial charge on any atom is -0.323 e. The molecule has 17 heavy (non-hydrogen) atoms. The molecule has 0 saturated carbocycles. The van der Waals surface area contributed by atoms with Gasteiger partial charge >= 0.3 is 0 Å². The van der Waals surface area contributed by atoms with Crippen LogP contribution in [-0.4, -0.2) is 25.4 Å². The number of sulfone groups is 1. The Labute approximate surface area is 100 Å². The zero-order valence-electron chi connectivity index (χ0n) is 9.50. The Balaban J connectivity index is 2.48. The SMILES string of the molecule is CS(=O)(=O)CC(N)c1cccc2ccncc12. The van der Waals surface area contributed by atoms with E-state index in [1.165, 1.54) is 6.26 Å². The average molecular weight is 250 g/mol. The second-order valence-electron chi connectivity index (χ2n) is 4.14. The lowest BCUT2D eigenvalue weighted by Gasteiger charge is -2.13. The van der Waals surface area contributed by atoms with Crippen molar-refractivity contribution in [3.05, 3.63) is 42.2 Å². The minimum absolute atomic E-state index is 0.0546. The van der Waals surface area contributed by atoms with E-state index in [2.05, 4.69) is 4.98 Å². The second kappa shape index (κ2) is 4.43. The summed E-state index contributed by atoms with van der Waals surface area (Å²) in [5.41, 5.74) is 6.76. The molecule has 0 fully saturated rings. The van der Waals surface area contributed by atoms with Gasteiger partial charge in [0.15, 0.2) is 0 Å². The van der Waals surface area contributed by atoms with E-state index in [0.29, 0.717) is 0 Å². The van der Waals surface area contributed by atoms with Crippen LogP contribution in [-0.2, 0) is 9.84 Å². The maximum absolute atomic E-state index is 11.3. The number of fused-ring (bicyclic) bond motifs is 1. The number of hydrogen-bond acceptors (Lipinski definition) is 4. The molecule has 0 aliphatic heterocycles. The number of aromatic nitrogens is 1. The number of pyridine rings is 1. The van der Waals surface area contributed by atoms with Gasteiger partial charge in [0.25, 0.3) is 0 Å². The van der Waals surface area contributed by atoms with Gasteiger partial charge < -0.3 is 5.73 Å². The molecule has 4 nitrogen and oxygen atoms in total. The molecule has 0 amide bonds. The van der Waals surface area contributed by atoms with Crippen molar-refractivity contribution in [1.82, 2.24) is 4.98 Å². The predicted octanol–water partition coefficient (Wildman–Crippen LogP) is 1.28. The fourth-order valence-electron chi connectivity index (χ4n) is 1.88. The zero-order chi connectivity index (χ0) is 12.5. The number of rotatable bonds is 3. The molecule has 1 heterocycles. The van der Waals surface area contributed by atoms with Gasteiger partial charge in [-0.3, -0.25) is 4.98 Å². The molecule has 0 radical (unpaired) electrons. The molecule has 0 bridgehead atoms. The van der Waals surface area contributed by atoms with Crippen molar-refractivity contribution >= 4 is 20.6 Å². The van der Waals surface area contributed by atoms with Crippen LogP contribution in [0.1, 0.15) is 11.6 Å². The normalized spacial score (nSPS) is 13.8. The summed E-state index contributed by atoms with van der Waals surface area (Å²) in [7, 11) is -3.09. The monoisotopic (exact) mass is 250 g/mol. The minimum atomic E-state index is -3.09. The lowest BCUT2D eigenvalue weighted by Crippen LogP contribution is -2.21. The van der Waals surface area contributed by atoms with E-state index in [1.807, 2.05) is 24.3 Å². The number of nitrogens with zero attached hydrogens (tertiary/aromatic N) is 1. The van der Waals surface area contributed by atoms with Crippen molar-refractivity contribution in [1.29, 1.82) is 0 Å². The van der Waals surface area contributed by atoms with Crippen molar-refractivity contribution in [3.8, 4) is 0 Å². The zero-order valence-corrected chi connectivity index (χ0v) is 10.3. The molecule has 0 spiro atoms. The molecular weight excluding hydrogens is 236 g/mol. The summed E-state index contributed by atoms with van der Waals surface area (Å²) in [4.78, 5) is 4.05. The summed E-state index contributed by atoms with van der Waals surface area (Å²) in [5, 5.41) is 1.92. The molecular formula is C12H14N2O2S. The molecule has 5 heteroatoms. The maximum atomic E-state index is 11.3. The van der Waals surface area contributed by atoms with E-state index >= 15 is 0 Å². The van der Waals surface area contributed by atoms with Crippen LogP contribution in [0.2, 0.25) is 0 Å². The van der Waals surface area contributed by atoms with Gasteiger partial charge in [-0.1, -0.05) is 18.2 Å². The first-order valence-electron chi connectivity index (χ1n) is 5.23. The molecule has 2 aromatic rings. The fourth-order valence-corrected chi connectivity index (χ4v) is 2.71. The van der Waals surface area contributed by atoms with E-state index < -0.39 is 15.9 Å². The van der Waals surface area contributed by atoms with Gasteiger partial charge in [-0.15, -0.1) is 0 Å². The highest BCUT2D eigenvalue weighted by Crippen LogP contribution is 2.22. The Morgan fingerprint density at radius 3 is 2.82 bits per heavy atom. The Kier molecular flexibility index (Phi) is 3.13. The van der Waals surface area contributed by atoms with E-state index in [1.54, 1.807) is 12.4 Å². The first-order valence-corrected chi connectivity index (χ1v) is 7.29. The van der Waals surface area contributed by atoms with Crippen molar-refractivity contribution < 1.29 is 8.42 Å². The number of hydrogen-bond donors (Lipinski definition) is 1. The summed E-state index contributed by atoms with van der Waals surface area (Å²) in [6.45, 7) is 0. The molecule has 90 valence electrons. The lowest BCUT2D eigenvalue weighted by molar-refractivity contribution is 0.595. The predicted molar refractivity (Wildman–Crippen MR) is 68.4 cm³/mol. The van der Waals surface area contributed by atoms with Crippen molar-refractivity contribution in [3.63, 3.8) is 0 Å². The smallest absolute Gasteiger partial charge is 0.149 e. The Bertz CT molecular complexity index is 633. The Morgan fingerprint density at radius 2 is 2.12 bits per heavy atom. The Morgan fingerprint density at radius 1 is 1.35 bits per heavy atom.